The van der Waals surface area contributed by atoms with Gasteiger partial charge in [0.05, 0.1) is 22.8 Å². The second kappa shape index (κ2) is 6.80. The Bertz CT molecular complexity index is 976. The summed E-state index contributed by atoms with van der Waals surface area (Å²) >= 11 is 5.13. The predicted octanol–water partition coefficient (Wildman–Crippen LogP) is 4.60. The van der Waals surface area contributed by atoms with Crippen molar-refractivity contribution in [2.75, 3.05) is 5.32 Å². The summed E-state index contributed by atoms with van der Waals surface area (Å²) in [5.41, 5.74) is 4.10. The Labute approximate surface area is 151 Å². The number of aromatic nitrogens is 2. The molecule has 0 radical (unpaired) electrons. The van der Waals surface area contributed by atoms with Crippen LogP contribution in [0.25, 0.3) is 21.8 Å². The molecule has 6 heteroatoms. The van der Waals surface area contributed by atoms with Gasteiger partial charge in [-0.05, 0) is 51.0 Å². The molecule has 25 heavy (non-hydrogen) atoms. The lowest BCUT2D eigenvalue weighted by molar-refractivity contribution is 0.0370. The van der Waals surface area contributed by atoms with Crippen molar-refractivity contribution in [2.45, 2.75) is 40.2 Å². The summed E-state index contributed by atoms with van der Waals surface area (Å²) in [6.45, 7) is 7.53. The van der Waals surface area contributed by atoms with Crippen molar-refractivity contribution < 1.29 is 9.53 Å². The lowest BCUT2D eigenvalue weighted by Crippen LogP contribution is -2.15. The highest BCUT2D eigenvalue weighted by Crippen LogP contribution is 2.32. The molecule has 3 rings (SSSR count). The molecular weight excluding hydrogens is 334 g/mol. The molecule has 0 aliphatic carbocycles. The first-order valence-corrected chi connectivity index (χ1v) is 8.73. The number of hydrogen-bond donors (Lipinski definition) is 2. The van der Waals surface area contributed by atoms with Gasteiger partial charge in [0.25, 0.3) is 0 Å². The monoisotopic (exact) mass is 355 g/mol. The fraction of sp³-hybridized carbons (Fsp3) is 0.316. The van der Waals surface area contributed by atoms with Gasteiger partial charge < -0.3 is 15.0 Å². The number of nitrogens with one attached hydrogen (secondary N) is 2. The Morgan fingerprint density at radius 1 is 1.36 bits per heavy atom. The Hall–Kier alpha value is -2.47. The summed E-state index contributed by atoms with van der Waals surface area (Å²) < 4.78 is 5.35. The minimum absolute atomic E-state index is 0.181. The molecule has 2 N–H and O–H groups in total. The fourth-order valence-electron chi connectivity index (χ4n) is 3.03. The van der Waals surface area contributed by atoms with Crippen LogP contribution in [0.15, 0.2) is 24.4 Å². The number of ether oxygens (including phenoxy) is 1. The van der Waals surface area contributed by atoms with E-state index in [4.69, 9.17) is 17.0 Å². The number of nitrogens with zero attached hydrogens (tertiary/aromatic N) is 1. The van der Waals surface area contributed by atoms with E-state index in [1.807, 2.05) is 45.9 Å². The van der Waals surface area contributed by atoms with Crippen molar-refractivity contribution in [3.63, 3.8) is 0 Å². The van der Waals surface area contributed by atoms with Crippen LogP contribution in [-0.2, 0) is 11.2 Å². The van der Waals surface area contributed by atoms with Gasteiger partial charge in [0.15, 0.2) is 5.69 Å². The maximum Gasteiger partial charge on any atom is 0.357 e. The Morgan fingerprint density at radius 2 is 2.12 bits per heavy atom. The Morgan fingerprint density at radius 3 is 2.76 bits per heavy atom. The average molecular weight is 355 g/mol. The molecule has 5 nitrogen and oxygen atoms in total. The maximum atomic E-state index is 12.4. The molecule has 0 atom stereocenters. The molecule has 0 fully saturated rings. The molecule has 130 valence electrons. The van der Waals surface area contributed by atoms with E-state index in [1.165, 1.54) is 0 Å². The number of carbonyl (C=O) groups excluding carboxylic acids is 1. The van der Waals surface area contributed by atoms with E-state index >= 15 is 0 Å². The SMILES string of the molecule is CCc1c(C(=O)OC(C)C)ncc2[nH]c3ccc(NC(C)=S)cc3c12. The highest BCUT2D eigenvalue weighted by molar-refractivity contribution is 7.80. The predicted molar refractivity (Wildman–Crippen MR) is 105 cm³/mol. The molecule has 0 aliphatic rings. The zero-order valence-electron chi connectivity index (χ0n) is 14.8. The summed E-state index contributed by atoms with van der Waals surface area (Å²) in [6.07, 6.45) is 2.20. The van der Waals surface area contributed by atoms with Gasteiger partial charge in [0.2, 0.25) is 0 Å². The van der Waals surface area contributed by atoms with Gasteiger partial charge in [-0.15, -0.1) is 0 Å². The summed E-state index contributed by atoms with van der Waals surface area (Å²) in [5, 5.41) is 5.21. The lowest BCUT2D eigenvalue weighted by atomic mass is 10.0. The van der Waals surface area contributed by atoms with E-state index in [2.05, 4.69) is 15.3 Å². The molecule has 0 saturated carbocycles. The number of pyridine rings is 1. The van der Waals surface area contributed by atoms with E-state index in [0.717, 1.165) is 33.1 Å². The summed E-state index contributed by atoms with van der Waals surface area (Å²) in [5.74, 6) is -0.382. The van der Waals surface area contributed by atoms with E-state index < -0.39 is 0 Å². The number of hydrogen-bond acceptors (Lipinski definition) is 4. The first kappa shape index (κ1) is 17.4. The number of anilines is 1. The number of aromatic amines is 1. The number of rotatable bonds is 4. The van der Waals surface area contributed by atoms with E-state index in [-0.39, 0.29) is 12.1 Å². The summed E-state index contributed by atoms with van der Waals surface area (Å²) in [7, 11) is 0. The molecule has 0 saturated heterocycles. The zero-order valence-corrected chi connectivity index (χ0v) is 15.6. The number of aryl methyl sites for hydroxylation is 1. The highest BCUT2D eigenvalue weighted by atomic mass is 32.1. The first-order chi connectivity index (χ1) is 11.9. The van der Waals surface area contributed by atoms with Crippen molar-refractivity contribution in [1.29, 1.82) is 0 Å². The molecule has 2 aromatic heterocycles. The Balaban J connectivity index is 2.23. The van der Waals surface area contributed by atoms with E-state index in [1.54, 1.807) is 6.20 Å². The molecule has 3 aromatic rings. The molecule has 0 spiro atoms. The van der Waals surface area contributed by atoms with Crippen molar-refractivity contribution >= 4 is 50.7 Å². The van der Waals surface area contributed by atoms with Crippen LogP contribution in [0.2, 0.25) is 0 Å². The van der Waals surface area contributed by atoms with Crippen LogP contribution in [0.3, 0.4) is 0 Å². The molecule has 0 amide bonds. The maximum absolute atomic E-state index is 12.4. The Kier molecular flexibility index (Phi) is 4.72. The molecule has 0 bridgehead atoms. The molecule has 1 aromatic carbocycles. The van der Waals surface area contributed by atoms with Crippen molar-refractivity contribution in [3.8, 4) is 0 Å². The number of esters is 1. The largest absolute Gasteiger partial charge is 0.458 e. The smallest absolute Gasteiger partial charge is 0.357 e. The molecule has 2 heterocycles. The van der Waals surface area contributed by atoms with E-state index in [9.17, 15) is 4.79 Å². The van der Waals surface area contributed by atoms with Gasteiger partial charge in [-0.1, -0.05) is 19.1 Å². The molecule has 0 unspecified atom stereocenters. The lowest BCUT2D eigenvalue weighted by Gasteiger charge is -2.11. The van der Waals surface area contributed by atoms with Gasteiger partial charge in [0, 0.05) is 22.0 Å². The number of H-pyrrole nitrogens is 1. The quantitative estimate of drug-likeness (QED) is 0.529. The third kappa shape index (κ3) is 3.35. The van der Waals surface area contributed by atoms with Crippen LogP contribution in [-0.4, -0.2) is 27.0 Å². The highest BCUT2D eigenvalue weighted by Gasteiger charge is 2.20. The van der Waals surface area contributed by atoms with Crippen LogP contribution in [0, 0.1) is 0 Å². The van der Waals surface area contributed by atoms with Crippen LogP contribution < -0.4 is 5.32 Å². The minimum Gasteiger partial charge on any atom is -0.458 e. The third-order valence-corrected chi connectivity index (χ3v) is 4.05. The van der Waals surface area contributed by atoms with Crippen molar-refractivity contribution in [2.24, 2.45) is 0 Å². The van der Waals surface area contributed by atoms with Gasteiger partial charge in [0.1, 0.15) is 0 Å². The number of fused-ring (bicyclic) bond motifs is 3. The minimum atomic E-state index is -0.382. The first-order valence-electron chi connectivity index (χ1n) is 8.32. The van der Waals surface area contributed by atoms with Gasteiger partial charge >= 0.3 is 5.97 Å². The third-order valence-electron chi connectivity index (χ3n) is 3.95. The second-order valence-electron chi connectivity index (χ2n) is 6.25. The normalized spacial score (nSPS) is 11.2. The molecular formula is C19H21N3O2S. The van der Waals surface area contributed by atoms with Crippen molar-refractivity contribution in [3.05, 3.63) is 35.7 Å². The van der Waals surface area contributed by atoms with Gasteiger partial charge in [-0.25, -0.2) is 9.78 Å². The van der Waals surface area contributed by atoms with Crippen molar-refractivity contribution in [1.82, 2.24) is 9.97 Å². The number of thiocarbonyl (C=S) groups is 1. The fourth-order valence-corrected chi connectivity index (χ4v) is 3.15. The average Bonchev–Trinajstić information content (AvgIpc) is 2.90. The number of carbonyl (C=O) groups is 1. The van der Waals surface area contributed by atoms with E-state index in [0.29, 0.717) is 17.1 Å². The van der Waals surface area contributed by atoms with Crippen LogP contribution in [0.5, 0.6) is 0 Å². The molecule has 0 aliphatic heterocycles. The topological polar surface area (TPSA) is 67.0 Å². The zero-order chi connectivity index (χ0) is 18.1. The summed E-state index contributed by atoms with van der Waals surface area (Å²) in [6, 6.07) is 6.02. The van der Waals surface area contributed by atoms with Crippen LogP contribution >= 0.6 is 12.2 Å². The van der Waals surface area contributed by atoms with Crippen LogP contribution in [0.4, 0.5) is 5.69 Å². The second-order valence-corrected chi connectivity index (χ2v) is 6.86. The van der Waals surface area contributed by atoms with Crippen LogP contribution in [0.1, 0.15) is 43.7 Å². The number of benzene rings is 1. The van der Waals surface area contributed by atoms with Gasteiger partial charge in [-0.3, -0.25) is 0 Å². The van der Waals surface area contributed by atoms with Gasteiger partial charge in [-0.2, -0.15) is 0 Å². The standard InChI is InChI=1S/C19H21N3O2S/c1-5-13-17-14-8-12(21-11(4)25)6-7-15(14)22-16(17)9-20-18(13)19(23)24-10(2)3/h6-10,22H,5H2,1-4H3,(H,21,25). The summed E-state index contributed by atoms with van der Waals surface area (Å²) in [4.78, 5) is 20.9.